The molecule has 2 aliphatic heterocycles. The van der Waals surface area contributed by atoms with Gasteiger partial charge in [0.25, 0.3) is 6.47 Å². The van der Waals surface area contributed by atoms with Crippen LogP contribution in [0.25, 0.3) is 5.57 Å². The Bertz CT molecular complexity index is 1530. The van der Waals surface area contributed by atoms with Gasteiger partial charge in [0.15, 0.2) is 0 Å². The fraction of sp³-hybridized carbons (Fsp3) is 0.389. The van der Waals surface area contributed by atoms with E-state index in [0.29, 0.717) is 24.9 Å². The van der Waals surface area contributed by atoms with Gasteiger partial charge in [0.05, 0.1) is 30.3 Å². The lowest BCUT2D eigenvalue weighted by Crippen LogP contribution is -2.60. The number of amides is 1. The van der Waals surface area contributed by atoms with E-state index in [4.69, 9.17) is 24.1 Å². The van der Waals surface area contributed by atoms with E-state index < -0.39 is 0 Å². The molecule has 0 aromatic heterocycles. The van der Waals surface area contributed by atoms with Crippen molar-refractivity contribution in [2.45, 2.75) is 50.2 Å². The van der Waals surface area contributed by atoms with Gasteiger partial charge in [-0.2, -0.15) is 0 Å². The summed E-state index contributed by atoms with van der Waals surface area (Å²) < 4.78 is 31.4. The Balaban J connectivity index is 0.00000139. The molecule has 3 atom stereocenters. The Morgan fingerprint density at radius 2 is 1.79 bits per heavy atom. The van der Waals surface area contributed by atoms with E-state index in [0.717, 1.165) is 77.9 Å². The molecule has 0 radical (unpaired) electrons. The van der Waals surface area contributed by atoms with E-state index in [-0.39, 0.29) is 36.3 Å². The van der Waals surface area contributed by atoms with E-state index in [1.54, 1.807) is 13.2 Å². The van der Waals surface area contributed by atoms with Crippen LogP contribution < -0.4 is 30.2 Å². The van der Waals surface area contributed by atoms with Crippen LogP contribution in [0, 0.1) is 11.7 Å². The van der Waals surface area contributed by atoms with Crippen LogP contribution in [0.4, 0.5) is 4.39 Å². The third-order valence-electron chi connectivity index (χ3n) is 8.60. The second kappa shape index (κ2) is 16.8. The number of benzene rings is 3. The molecule has 3 aliphatic rings. The molecule has 3 aromatic carbocycles. The van der Waals surface area contributed by atoms with Gasteiger partial charge >= 0.3 is 0 Å². The van der Waals surface area contributed by atoms with Crippen molar-refractivity contribution in [2.75, 3.05) is 33.4 Å². The zero-order valence-electron chi connectivity index (χ0n) is 26.3. The monoisotopic (exact) mass is 709 g/mol. The summed E-state index contributed by atoms with van der Waals surface area (Å²) in [5, 5.41) is 17.4. The number of fused-ring (bicyclic) bond motifs is 2. The Labute approximate surface area is 283 Å². The number of hydrogen-bond acceptors (Lipinski definition) is 7. The van der Waals surface area contributed by atoms with Gasteiger partial charge in [0.1, 0.15) is 29.7 Å². The summed E-state index contributed by atoms with van der Waals surface area (Å²) in [7, 11) is 1.64. The summed E-state index contributed by atoms with van der Waals surface area (Å²) in [5.41, 5.74) is 4.23. The van der Waals surface area contributed by atoms with E-state index in [1.165, 1.54) is 17.7 Å². The quantitative estimate of drug-likeness (QED) is 0.138. The standard InChI is InChI=1S/C35H39BrFN3O4.CH2O2/c1-42-27-11-13-28(14-12-27)44-21-32(24-8-9-24)40-35(41)34-29(18-26-19-38-20-31(34)39-26)23-6-4-22(5-7-23)3-2-16-43-33-17-25(37)10-15-30(33)36;2-1-3/h4-7,10-15,17,24,26,31-32,38-39H,2-3,8-9,16,18-21H2,1H3,(H,40,41);1H,(H,2,3). The maximum Gasteiger partial charge on any atom is 0.290 e. The predicted molar refractivity (Wildman–Crippen MR) is 181 cm³/mol. The van der Waals surface area contributed by atoms with Gasteiger partial charge in [0.2, 0.25) is 5.91 Å². The molecule has 2 bridgehead atoms. The fourth-order valence-corrected chi connectivity index (χ4v) is 6.43. The van der Waals surface area contributed by atoms with Crippen molar-refractivity contribution in [1.29, 1.82) is 0 Å². The fourth-order valence-electron chi connectivity index (χ4n) is 6.07. The van der Waals surface area contributed by atoms with Crippen LogP contribution in [0.1, 0.15) is 36.8 Å². The number of piperazine rings is 1. The molecule has 3 unspecified atom stereocenters. The van der Waals surface area contributed by atoms with Crippen molar-refractivity contribution < 1.29 is 33.3 Å². The SMILES string of the molecule is COc1ccc(OCC(NC(=O)C2=C(c3ccc(CCCOc4cc(F)ccc4Br)cc3)CC3CNCC2N3)C2CC2)cc1.O=CO. The Hall–Kier alpha value is -3.93. The number of aryl methyl sites for hydroxylation is 1. The normalized spacial score (nSPS) is 19.1. The molecule has 0 spiro atoms. The molecule has 2 heterocycles. The molecular weight excluding hydrogens is 669 g/mol. The van der Waals surface area contributed by atoms with Crippen molar-refractivity contribution >= 4 is 33.9 Å². The number of carbonyl (C=O) groups excluding carboxylic acids is 1. The second-order valence-corrected chi connectivity index (χ2v) is 12.8. The van der Waals surface area contributed by atoms with E-state index in [1.807, 2.05) is 24.3 Å². The number of ether oxygens (including phenoxy) is 3. The first kappa shape index (κ1) is 34.4. The molecule has 3 aromatic rings. The van der Waals surface area contributed by atoms with Crippen LogP contribution in [0.5, 0.6) is 17.2 Å². The number of hydrogen-bond donors (Lipinski definition) is 4. The zero-order valence-corrected chi connectivity index (χ0v) is 27.9. The third kappa shape index (κ3) is 9.56. The van der Waals surface area contributed by atoms with E-state index >= 15 is 0 Å². The van der Waals surface area contributed by atoms with Crippen molar-refractivity contribution in [1.82, 2.24) is 16.0 Å². The average Bonchev–Trinajstić information content (AvgIpc) is 3.93. The van der Waals surface area contributed by atoms with Gasteiger partial charge in [-0.15, -0.1) is 0 Å². The molecule has 6 rings (SSSR count). The molecule has 11 heteroatoms. The zero-order chi connectivity index (χ0) is 33.2. The third-order valence-corrected chi connectivity index (χ3v) is 9.26. The first-order valence-corrected chi connectivity index (χ1v) is 16.7. The lowest BCUT2D eigenvalue weighted by molar-refractivity contribution is -0.123. The topological polar surface area (TPSA) is 118 Å². The molecular formula is C36H41BrFN3O6. The first-order valence-electron chi connectivity index (χ1n) is 15.9. The molecule has 1 saturated heterocycles. The number of carbonyl (C=O) groups is 2. The van der Waals surface area contributed by atoms with Gasteiger partial charge in [-0.05, 0) is 107 Å². The van der Waals surface area contributed by atoms with Gasteiger partial charge in [-0.3, -0.25) is 9.59 Å². The van der Waals surface area contributed by atoms with Gasteiger partial charge in [-0.1, -0.05) is 24.3 Å². The van der Waals surface area contributed by atoms with Crippen LogP contribution in [0.2, 0.25) is 0 Å². The minimum absolute atomic E-state index is 0.0142. The number of carboxylic acid groups (broad SMARTS) is 1. The smallest absolute Gasteiger partial charge is 0.290 e. The highest BCUT2D eigenvalue weighted by atomic mass is 79.9. The highest BCUT2D eigenvalue weighted by Gasteiger charge is 2.38. The molecule has 2 fully saturated rings. The van der Waals surface area contributed by atoms with Crippen LogP contribution in [-0.2, 0) is 16.0 Å². The van der Waals surface area contributed by atoms with Gasteiger partial charge in [0, 0.05) is 30.8 Å². The van der Waals surface area contributed by atoms with Crippen LogP contribution in [0.15, 0.2) is 76.8 Å². The van der Waals surface area contributed by atoms with Crippen molar-refractivity contribution in [2.24, 2.45) is 5.92 Å². The van der Waals surface area contributed by atoms with E-state index in [2.05, 4.69) is 56.1 Å². The van der Waals surface area contributed by atoms with E-state index in [9.17, 15) is 9.18 Å². The molecule has 1 aliphatic carbocycles. The highest BCUT2D eigenvalue weighted by molar-refractivity contribution is 9.10. The minimum Gasteiger partial charge on any atom is -0.497 e. The largest absolute Gasteiger partial charge is 0.497 e. The van der Waals surface area contributed by atoms with Crippen molar-refractivity contribution in [3.63, 3.8) is 0 Å². The van der Waals surface area contributed by atoms with Crippen LogP contribution in [0.3, 0.4) is 0 Å². The summed E-state index contributed by atoms with van der Waals surface area (Å²) in [5.74, 6) is 2.16. The van der Waals surface area contributed by atoms with Crippen LogP contribution in [-0.4, -0.2) is 69.0 Å². The number of nitrogens with one attached hydrogen (secondary N) is 3. The number of halogens is 2. The Kier molecular flexibility index (Phi) is 12.3. The summed E-state index contributed by atoms with van der Waals surface area (Å²) in [4.78, 5) is 22.3. The Morgan fingerprint density at radius 3 is 2.49 bits per heavy atom. The lowest BCUT2D eigenvalue weighted by atomic mass is 9.83. The number of rotatable bonds is 13. The van der Waals surface area contributed by atoms with Gasteiger partial charge < -0.3 is 35.3 Å². The highest BCUT2D eigenvalue weighted by Crippen LogP contribution is 2.35. The summed E-state index contributed by atoms with van der Waals surface area (Å²) >= 11 is 3.41. The van der Waals surface area contributed by atoms with Gasteiger partial charge in [-0.25, -0.2) is 4.39 Å². The molecule has 47 heavy (non-hydrogen) atoms. The summed E-state index contributed by atoms with van der Waals surface area (Å²) in [6.45, 7) is 2.28. The minimum atomic E-state index is -0.316. The Morgan fingerprint density at radius 1 is 1.06 bits per heavy atom. The summed E-state index contributed by atoms with van der Waals surface area (Å²) in [6.07, 6.45) is 4.63. The second-order valence-electron chi connectivity index (χ2n) is 11.9. The predicted octanol–water partition coefficient (Wildman–Crippen LogP) is 5.37. The maximum atomic E-state index is 14.0. The number of methoxy groups -OCH3 is 1. The average molecular weight is 711 g/mol. The molecule has 250 valence electrons. The summed E-state index contributed by atoms with van der Waals surface area (Å²) in [6, 6.07) is 20.7. The maximum absolute atomic E-state index is 14.0. The molecule has 1 amide bonds. The first-order chi connectivity index (χ1) is 22.9. The van der Waals surface area contributed by atoms with Crippen LogP contribution >= 0.6 is 15.9 Å². The van der Waals surface area contributed by atoms with Crippen molar-refractivity contribution in [3.05, 3.63) is 93.7 Å². The van der Waals surface area contributed by atoms with Crippen molar-refractivity contribution in [3.8, 4) is 17.2 Å². The molecule has 9 nitrogen and oxygen atoms in total. The lowest BCUT2D eigenvalue weighted by Gasteiger charge is -2.39. The molecule has 4 N–H and O–H groups in total. The molecule has 1 saturated carbocycles.